The third-order valence-corrected chi connectivity index (χ3v) is 3.86. The molecule has 0 saturated heterocycles. The van der Waals surface area contributed by atoms with E-state index in [-0.39, 0.29) is 0 Å². The maximum atomic E-state index is 6.08. The third kappa shape index (κ3) is 1.72. The minimum atomic E-state index is 0.681. The predicted molar refractivity (Wildman–Crippen MR) is 79.6 cm³/mol. The first kappa shape index (κ1) is 11.3. The molecule has 0 amide bonds. The Hall–Kier alpha value is -2.49. The van der Waals surface area contributed by atoms with Crippen LogP contribution in [-0.2, 0) is 13.0 Å². The Bertz CT molecular complexity index is 745. The molecular weight excluding hydrogens is 250 g/mol. The number of rotatable bonds is 1. The highest BCUT2D eigenvalue weighted by molar-refractivity contribution is 5.74. The number of anilines is 2. The SMILES string of the molecule is Nc1cccc2c1CN(c1nc3ccccc3o1)CC2. The number of fused-ring (bicyclic) bond motifs is 2. The van der Waals surface area contributed by atoms with E-state index in [1.165, 1.54) is 11.1 Å². The number of hydrogen-bond donors (Lipinski definition) is 1. The molecule has 100 valence electrons. The quantitative estimate of drug-likeness (QED) is 0.687. The second-order valence-electron chi connectivity index (χ2n) is 5.12. The van der Waals surface area contributed by atoms with Gasteiger partial charge in [-0.15, -0.1) is 0 Å². The van der Waals surface area contributed by atoms with Crippen molar-refractivity contribution < 1.29 is 4.42 Å². The number of hydrogen-bond acceptors (Lipinski definition) is 4. The average Bonchev–Trinajstić information content (AvgIpc) is 2.91. The summed E-state index contributed by atoms with van der Waals surface area (Å²) in [6.07, 6.45) is 0.971. The molecule has 2 heterocycles. The van der Waals surface area contributed by atoms with Gasteiger partial charge in [-0.2, -0.15) is 4.98 Å². The van der Waals surface area contributed by atoms with Crippen molar-refractivity contribution >= 4 is 22.8 Å². The lowest BCUT2D eigenvalue weighted by Gasteiger charge is -2.28. The van der Waals surface area contributed by atoms with Gasteiger partial charge in [-0.05, 0) is 35.7 Å². The molecule has 0 unspecified atom stereocenters. The van der Waals surface area contributed by atoms with Gasteiger partial charge in [-0.25, -0.2) is 0 Å². The molecule has 1 aliphatic rings. The van der Waals surface area contributed by atoms with Gasteiger partial charge in [-0.3, -0.25) is 0 Å². The molecule has 1 aromatic heterocycles. The van der Waals surface area contributed by atoms with E-state index in [4.69, 9.17) is 10.2 Å². The van der Waals surface area contributed by atoms with Crippen LogP contribution in [-0.4, -0.2) is 11.5 Å². The predicted octanol–water partition coefficient (Wildman–Crippen LogP) is 2.97. The number of nitrogens with two attached hydrogens (primary N) is 1. The van der Waals surface area contributed by atoms with Crippen LogP contribution in [0.4, 0.5) is 11.7 Å². The Morgan fingerprint density at radius 2 is 2.00 bits per heavy atom. The molecule has 0 fully saturated rings. The smallest absolute Gasteiger partial charge is 0.298 e. The normalized spacial score (nSPS) is 14.5. The zero-order chi connectivity index (χ0) is 13.5. The van der Waals surface area contributed by atoms with E-state index < -0.39 is 0 Å². The molecule has 0 aliphatic carbocycles. The largest absolute Gasteiger partial charge is 0.423 e. The Balaban J connectivity index is 1.72. The molecule has 4 rings (SSSR count). The van der Waals surface area contributed by atoms with E-state index in [2.05, 4.69) is 16.0 Å². The zero-order valence-electron chi connectivity index (χ0n) is 11.0. The lowest BCUT2D eigenvalue weighted by Crippen LogP contribution is -2.31. The summed E-state index contributed by atoms with van der Waals surface area (Å²) >= 11 is 0. The van der Waals surface area contributed by atoms with Gasteiger partial charge in [0.2, 0.25) is 0 Å². The molecule has 2 aromatic carbocycles. The van der Waals surface area contributed by atoms with E-state index in [1.54, 1.807) is 0 Å². The van der Waals surface area contributed by atoms with Crippen molar-refractivity contribution in [1.82, 2.24) is 4.98 Å². The van der Waals surface area contributed by atoms with E-state index >= 15 is 0 Å². The molecule has 3 aromatic rings. The third-order valence-electron chi connectivity index (χ3n) is 3.86. The molecule has 20 heavy (non-hydrogen) atoms. The van der Waals surface area contributed by atoms with Gasteiger partial charge in [0.05, 0.1) is 0 Å². The summed E-state index contributed by atoms with van der Waals surface area (Å²) in [6, 6.07) is 14.6. The van der Waals surface area contributed by atoms with Gasteiger partial charge in [0.15, 0.2) is 5.58 Å². The standard InChI is InChI=1S/C16H15N3O/c17-13-5-3-4-11-8-9-19(10-12(11)13)16-18-14-6-1-2-7-15(14)20-16/h1-7H,8-10,17H2. The topological polar surface area (TPSA) is 55.3 Å². The van der Waals surface area contributed by atoms with Gasteiger partial charge >= 0.3 is 0 Å². The molecule has 4 heteroatoms. The first-order valence-electron chi connectivity index (χ1n) is 6.78. The van der Waals surface area contributed by atoms with Crippen LogP contribution in [0.1, 0.15) is 11.1 Å². The van der Waals surface area contributed by atoms with Crippen molar-refractivity contribution in [3.8, 4) is 0 Å². The van der Waals surface area contributed by atoms with Crippen LogP contribution in [0.5, 0.6) is 0 Å². The minimum Gasteiger partial charge on any atom is -0.423 e. The summed E-state index contributed by atoms with van der Waals surface area (Å²) in [7, 11) is 0. The highest BCUT2D eigenvalue weighted by atomic mass is 16.4. The van der Waals surface area contributed by atoms with Gasteiger partial charge in [-0.1, -0.05) is 24.3 Å². The monoisotopic (exact) mass is 265 g/mol. The van der Waals surface area contributed by atoms with Crippen LogP contribution in [0.15, 0.2) is 46.9 Å². The molecule has 0 saturated carbocycles. The highest BCUT2D eigenvalue weighted by Crippen LogP contribution is 2.29. The first-order chi connectivity index (χ1) is 9.81. The maximum Gasteiger partial charge on any atom is 0.298 e. The fraction of sp³-hybridized carbons (Fsp3) is 0.188. The van der Waals surface area contributed by atoms with Crippen molar-refractivity contribution in [3.63, 3.8) is 0 Å². The summed E-state index contributed by atoms with van der Waals surface area (Å²) < 4.78 is 5.84. The maximum absolute atomic E-state index is 6.08. The van der Waals surface area contributed by atoms with Gasteiger partial charge < -0.3 is 15.1 Å². The van der Waals surface area contributed by atoms with Crippen LogP contribution in [0, 0.1) is 0 Å². The van der Waals surface area contributed by atoms with Crippen LogP contribution in [0.25, 0.3) is 11.1 Å². The van der Waals surface area contributed by atoms with E-state index in [9.17, 15) is 0 Å². The molecule has 4 nitrogen and oxygen atoms in total. The Morgan fingerprint density at radius 3 is 2.90 bits per heavy atom. The van der Waals surface area contributed by atoms with Crippen molar-refractivity contribution in [1.29, 1.82) is 0 Å². The van der Waals surface area contributed by atoms with Gasteiger partial charge in [0, 0.05) is 18.8 Å². The number of aromatic nitrogens is 1. The second kappa shape index (κ2) is 4.27. The number of para-hydroxylation sites is 2. The van der Waals surface area contributed by atoms with E-state index in [0.29, 0.717) is 6.01 Å². The second-order valence-corrected chi connectivity index (χ2v) is 5.12. The molecule has 2 N–H and O–H groups in total. The van der Waals surface area contributed by atoms with Crippen molar-refractivity contribution in [2.24, 2.45) is 0 Å². The van der Waals surface area contributed by atoms with Crippen molar-refractivity contribution in [2.45, 2.75) is 13.0 Å². The zero-order valence-corrected chi connectivity index (χ0v) is 11.0. The van der Waals surface area contributed by atoms with Gasteiger partial charge in [0.1, 0.15) is 5.52 Å². The van der Waals surface area contributed by atoms with Crippen molar-refractivity contribution in [2.75, 3.05) is 17.2 Å². The average molecular weight is 265 g/mol. The number of nitrogen functional groups attached to an aromatic ring is 1. The molecule has 1 aliphatic heterocycles. The van der Waals surface area contributed by atoms with E-state index in [0.717, 1.165) is 36.3 Å². The fourth-order valence-corrected chi connectivity index (χ4v) is 2.77. The first-order valence-corrected chi connectivity index (χ1v) is 6.78. The Labute approximate surface area is 116 Å². The highest BCUT2D eigenvalue weighted by Gasteiger charge is 2.21. The molecular formula is C16H15N3O. The number of nitrogens with zero attached hydrogens (tertiary/aromatic N) is 2. The van der Waals surface area contributed by atoms with Crippen LogP contribution in [0.3, 0.4) is 0 Å². The van der Waals surface area contributed by atoms with Gasteiger partial charge in [0.25, 0.3) is 6.01 Å². The van der Waals surface area contributed by atoms with E-state index in [1.807, 2.05) is 36.4 Å². The summed E-state index contributed by atoms with van der Waals surface area (Å²) in [5.74, 6) is 0. The van der Waals surface area contributed by atoms with Crippen LogP contribution in [0.2, 0.25) is 0 Å². The number of oxazole rings is 1. The van der Waals surface area contributed by atoms with Crippen LogP contribution >= 0.6 is 0 Å². The summed E-state index contributed by atoms with van der Waals surface area (Å²) in [5.41, 5.74) is 11.2. The summed E-state index contributed by atoms with van der Waals surface area (Å²) in [6.45, 7) is 1.66. The lowest BCUT2D eigenvalue weighted by atomic mass is 9.98. The molecule has 0 atom stereocenters. The molecule has 0 bridgehead atoms. The summed E-state index contributed by atoms with van der Waals surface area (Å²) in [5, 5.41) is 0. The molecule has 0 radical (unpaired) electrons. The fourth-order valence-electron chi connectivity index (χ4n) is 2.77. The van der Waals surface area contributed by atoms with Crippen molar-refractivity contribution in [3.05, 3.63) is 53.6 Å². The molecule has 0 spiro atoms. The van der Waals surface area contributed by atoms with Crippen LogP contribution < -0.4 is 10.6 Å². The summed E-state index contributed by atoms with van der Waals surface area (Å²) in [4.78, 5) is 6.71. The lowest BCUT2D eigenvalue weighted by molar-refractivity contribution is 0.555. The Morgan fingerprint density at radius 1 is 1.10 bits per heavy atom. The Kier molecular flexibility index (Phi) is 2.42. The minimum absolute atomic E-state index is 0.681. The number of benzene rings is 2.